The number of nitrogens with zero attached hydrogens (tertiary/aromatic N) is 3. The molecule has 1 aliphatic heterocycles. The molecule has 4 rings (SSSR count). The third-order valence-corrected chi connectivity index (χ3v) is 5.94. The molecule has 1 aromatic carbocycles. The van der Waals surface area contributed by atoms with Gasteiger partial charge in [0.25, 0.3) is 0 Å². The number of benzene rings is 1. The zero-order valence-electron chi connectivity index (χ0n) is 16.4. The van der Waals surface area contributed by atoms with Gasteiger partial charge in [-0.05, 0) is 51.0 Å². The van der Waals surface area contributed by atoms with Crippen LogP contribution in [0.3, 0.4) is 0 Å². The van der Waals surface area contributed by atoms with E-state index in [1.165, 1.54) is 6.08 Å². The minimum Gasteiger partial charge on any atom is -0.370 e. The number of rotatable bonds is 5. The highest BCUT2D eigenvalue weighted by Gasteiger charge is 2.18. The summed E-state index contributed by atoms with van der Waals surface area (Å²) < 4.78 is 1.99. The second-order valence-corrected chi connectivity index (χ2v) is 8.40. The lowest BCUT2D eigenvalue weighted by Crippen LogP contribution is -2.21. The van der Waals surface area contributed by atoms with Gasteiger partial charge in [-0.25, -0.2) is 4.98 Å². The molecular weight excluding hydrogens is 386 g/mol. The third kappa shape index (κ3) is 3.88. The summed E-state index contributed by atoms with van der Waals surface area (Å²) in [5.74, 6) is -0.789. The lowest BCUT2D eigenvalue weighted by molar-refractivity contribution is -0.111. The summed E-state index contributed by atoms with van der Waals surface area (Å²) in [4.78, 5) is 33.0. The molecule has 0 unspecified atom stereocenters. The number of aryl methyl sites for hydroxylation is 2. The van der Waals surface area contributed by atoms with Gasteiger partial charge in [-0.3, -0.25) is 14.0 Å². The number of imidazole rings is 1. The number of primary amides is 1. The standard InChI is InChI=1S/C21H23N5O2S/c1-13-12-26-17(14(2)23-21(26)29-13)7-8-19(27)24-16-11-15(20(22)28)5-6-18(16)25-9-3-4-10-25/h5-8,11-12H,3-4,9-10H2,1-2H3,(H2,22,28)(H,24,27)/b8-7+. The first kappa shape index (κ1) is 19.2. The Kier molecular flexibility index (Phi) is 5.10. The number of amides is 2. The average Bonchev–Trinajstić information content (AvgIpc) is 3.37. The van der Waals surface area contributed by atoms with Gasteiger partial charge in [-0.2, -0.15) is 0 Å². The van der Waals surface area contributed by atoms with E-state index in [1.54, 1.807) is 29.5 Å². The number of nitrogens with two attached hydrogens (primary N) is 1. The van der Waals surface area contributed by atoms with Gasteiger partial charge >= 0.3 is 0 Å². The first-order valence-electron chi connectivity index (χ1n) is 9.55. The van der Waals surface area contributed by atoms with E-state index >= 15 is 0 Å². The van der Waals surface area contributed by atoms with E-state index in [4.69, 9.17) is 5.73 Å². The Balaban J connectivity index is 1.60. The maximum Gasteiger partial charge on any atom is 0.248 e. The quantitative estimate of drug-likeness (QED) is 0.632. The van der Waals surface area contributed by atoms with E-state index in [9.17, 15) is 9.59 Å². The Morgan fingerprint density at radius 2 is 2.00 bits per heavy atom. The number of carbonyl (C=O) groups excluding carboxylic acids is 2. The molecular formula is C21H23N5O2S. The van der Waals surface area contributed by atoms with Gasteiger partial charge in [0.05, 0.1) is 22.8 Å². The summed E-state index contributed by atoms with van der Waals surface area (Å²) in [5, 5.41) is 2.92. The Hall–Kier alpha value is -3.13. The normalized spacial score (nSPS) is 14.2. The molecule has 1 fully saturated rings. The van der Waals surface area contributed by atoms with E-state index in [0.29, 0.717) is 11.3 Å². The van der Waals surface area contributed by atoms with Crippen molar-refractivity contribution < 1.29 is 9.59 Å². The topological polar surface area (TPSA) is 92.7 Å². The molecule has 0 aliphatic carbocycles. The van der Waals surface area contributed by atoms with Crippen molar-refractivity contribution in [2.24, 2.45) is 5.73 Å². The number of hydrogen-bond acceptors (Lipinski definition) is 5. The van der Waals surface area contributed by atoms with Crippen LogP contribution in [0.5, 0.6) is 0 Å². The molecule has 3 aromatic rings. The van der Waals surface area contributed by atoms with Crippen LogP contribution in [0, 0.1) is 13.8 Å². The van der Waals surface area contributed by atoms with Crippen molar-refractivity contribution in [3.05, 3.63) is 52.3 Å². The van der Waals surface area contributed by atoms with E-state index in [2.05, 4.69) is 15.2 Å². The molecule has 3 heterocycles. The van der Waals surface area contributed by atoms with Crippen LogP contribution in [0.15, 0.2) is 30.5 Å². The molecule has 0 saturated carbocycles. The summed E-state index contributed by atoms with van der Waals surface area (Å²) in [7, 11) is 0. The monoisotopic (exact) mass is 409 g/mol. The summed E-state index contributed by atoms with van der Waals surface area (Å²) >= 11 is 1.61. The molecule has 0 radical (unpaired) electrons. The SMILES string of the molecule is Cc1cn2c(/C=C/C(=O)Nc3cc(C(N)=O)ccc3N3CCCC3)c(C)nc2s1. The number of fused-ring (bicyclic) bond motifs is 1. The van der Waals surface area contributed by atoms with Gasteiger partial charge in [0.15, 0.2) is 4.96 Å². The highest BCUT2D eigenvalue weighted by atomic mass is 32.1. The van der Waals surface area contributed by atoms with Crippen molar-refractivity contribution in [1.82, 2.24) is 9.38 Å². The summed E-state index contributed by atoms with van der Waals surface area (Å²) in [6, 6.07) is 5.20. The Morgan fingerprint density at radius 3 is 2.72 bits per heavy atom. The molecule has 150 valence electrons. The van der Waals surface area contributed by atoms with Crippen LogP contribution in [0.1, 0.15) is 39.5 Å². The van der Waals surface area contributed by atoms with Crippen LogP contribution >= 0.6 is 11.3 Å². The van der Waals surface area contributed by atoms with E-state index in [-0.39, 0.29) is 5.91 Å². The minimum absolute atomic E-state index is 0.270. The van der Waals surface area contributed by atoms with Crippen LogP contribution in [-0.4, -0.2) is 34.3 Å². The highest BCUT2D eigenvalue weighted by Crippen LogP contribution is 2.30. The molecule has 0 spiro atoms. The van der Waals surface area contributed by atoms with Gasteiger partial charge in [0, 0.05) is 35.8 Å². The van der Waals surface area contributed by atoms with Crippen molar-refractivity contribution >= 4 is 45.6 Å². The number of thiazole rings is 1. The van der Waals surface area contributed by atoms with Crippen molar-refractivity contribution in [3.8, 4) is 0 Å². The smallest absolute Gasteiger partial charge is 0.248 e. The van der Waals surface area contributed by atoms with Crippen LogP contribution in [0.4, 0.5) is 11.4 Å². The zero-order valence-corrected chi connectivity index (χ0v) is 17.3. The Labute approximate surface area is 172 Å². The van der Waals surface area contributed by atoms with E-state index in [1.807, 2.05) is 30.5 Å². The molecule has 2 amide bonds. The molecule has 8 heteroatoms. The summed E-state index contributed by atoms with van der Waals surface area (Å²) in [6.07, 6.45) is 7.50. The van der Waals surface area contributed by atoms with Crippen molar-refractivity contribution in [2.45, 2.75) is 26.7 Å². The van der Waals surface area contributed by atoms with Gasteiger partial charge in [-0.1, -0.05) is 0 Å². The average molecular weight is 410 g/mol. The predicted molar refractivity (Wildman–Crippen MR) is 117 cm³/mol. The first-order valence-corrected chi connectivity index (χ1v) is 10.4. The van der Waals surface area contributed by atoms with Crippen molar-refractivity contribution in [2.75, 3.05) is 23.3 Å². The number of carbonyl (C=O) groups is 2. The molecule has 0 atom stereocenters. The van der Waals surface area contributed by atoms with E-state index in [0.717, 1.165) is 52.8 Å². The molecule has 1 aliphatic rings. The largest absolute Gasteiger partial charge is 0.370 e. The summed E-state index contributed by atoms with van der Waals surface area (Å²) in [5.41, 5.74) is 9.05. The van der Waals surface area contributed by atoms with Crippen LogP contribution < -0.4 is 16.0 Å². The highest BCUT2D eigenvalue weighted by molar-refractivity contribution is 7.17. The lowest BCUT2D eigenvalue weighted by atomic mass is 10.1. The molecule has 1 saturated heterocycles. The number of nitrogens with one attached hydrogen (secondary N) is 1. The molecule has 3 N–H and O–H groups in total. The van der Waals surface area contributed by atoms with Crippen LogP contribution in [-0.2, 0) is 4.79 Å². The van der Waals surface area contributed by atoms with Gasteiger partial charge in [0.2, 0.25) is 11.8 Å². The fourth-order valence-corrected chi connectivity index (χ4v) is 4.51. The third-order valence-electron chi connectivity index (χ3n) is 5.04. The molecule has 7 nitrogen and oxygen atoms in total. The second kappa shape index (κ2) is 7.71. The number of hydrogen-bond donors (Lipinski definition) is 2. The van der Waals surface area contributed by atoms with E-state index < -0.39 is 5.91 Å². The van der Waals surface area contributed by atoms with Crippen LogP contribution in [0.2, 0.25) is 0 Å². The van der Waals surface area contributed by atoms with Crippen LogP contribution in [0.25, 0.3) is 11.0 Å². The fourth-order valence-electron chi connectivity index (χ4n) is 3.63. The zero-order chi connectivity index (χ0) is 20.5. The molecule has 29 heavy (non-hydrogen) atoms. The molecule has 2 aromatic heterocycles. The maximum atomic E-state index is 12.6. The Bertz CT molecular complexity index is 1120. The minimum atomic E-state index is -0.519. The fraction of sp³-hybridized carbons (Fsp3) is 0.286. The van der Waals surface area contributed by atoms with Gasteiger partial charge in [0.1, 0.15) is 0 Å². The predicted octanol–water partition coefficient (Wildman–Crippen LogP) is 3.36. The number of aromatic nitrogens is 2. The lowest BCUT2D eigenvalue weighted by Gasteiger charge is -2.21. The first-order chi connectivity index (χ1) is 13.9. The van der Waals surface area contributed by atoms with Crippen molar-refractivity contribution in [3.63, 3.8) is 0 Å². The summed E-state index contributed by atoms with van der Waals surface area (Å²) in [6.45, 7) is 5.81. The van der Waals surface area contributed by atoms with Crippen molar-refractivity contribution in [1.29, 1.82) is 0 Å². The molecule has 0 bridgehead atoms. The maximum absolute atomic E-state index is 12.6. The Morgan fingerprint density at radius 1 is 1.24 bits per heavy atom. The number of anilines is 2. The van der Waals surface area contributed by atoms with Gasteiger partial charge < -0.3 is 16.0 Å². The van der Waals surface area contributed by atoms with Gasteiger partial charge in [-0.15, -0.1) is 11.3 Å². The second-order valence-electron chi connectivity index (χ2n) is 7.19.